The first-order valence-corrected chi connectivity index (χ1v) is 19.1. The van der Waals surface area contributed by atoms with Crippen LogP contribution in [0.25, 0.3) is 10.9 Å². The van der Waals surface area contributed by atoms with Gasteiger partial charge in [-0.2, -0.15) is 0 Å². The Morgan fingerprint density at radius 3 is 2.42 bits per heavy atom. The smallest absolute Gasteiger partial charge is 0.355 e. The van der Waals surface area contributed by atoms with Crippen molar-refractivity contribution in [2.24, 2.45) is 0 Å². The number of carboxylic acids is 1. The van der Waals surface area contributed by atoms with Crippen LogP contribution in [0.2, 0.25) is 0 Å². The van der Waals surface area contributed by atoms with Crippen molar-refractivity contribution < 1.29 is 43.3 Å². The molecule has 52 heavy (non-hydrogen) atoms. The van der Waals surface area contributed by atoms with Gasteiger partial charge in [-0.1, -0.05) is 89.8 Å². The van der Waals surface area contributed by atoms with Crippen LogP contribution in [-0.4, -0.2) is 76.2 Å². The largest absolute Gasteiger partial charge is 0.480 e. The number of aliphatic carboxylic acids is 1. The van der Waals surface area contributed by atoms with E-state index in [0.29, 0.717) is 24.3 Å². The Kier molecular flexibility index (Phi) is 13.8. The van der Waals surface area contributed by atoms with Gasteiger partial charge in [-0.05, 0) is 42.5 Å². The molecule has 2 N–H and O–H groups in total. The van der Waals surface area contributed by atoms with E-state index in [1.807, 2.05) is 30.3 Å². The number of unbranched alkanes of at least 4 members (excludes halogenated alkanes) is 9. The summed E-state index contributed by atoms with van der Waals surface area (Å²) in [6.07, 6.45) is 11.7. The monoisotopic (exact) mass is 719 g/mol. The molecule has 3 aliphatic rings. The van der Waals surface area contributed by atoms with Crippen molar-refractivity contribution in [3.8, 4) is 0 Å². The quantitative estimate of drug-likeness (QED) is 0.112. The van der Waals surface area contributed by atoms with Gasteiger partial charge in [0.25, 0.3) is 5.91 Å². The zero-order valence-corrected chi connectivity index (χ0v) is 30.6. The zero-order chi connectivity index (χ0) is 37.1. The summed E-state index contributed by atoms with van der Waals surface area (Å²) in [5.74, 6) is -3.72. The molecule has 2 unspecified atom stereocenters. The summed E-state index contributed by atoms with van der Waals surface area (Å²) in [6, 6.07) is 8.14. The number of carbonyl (C=O) groups is 5. The van der Waals surface area contributed by atoms with E-state index in [9.17, 15) is 29.1 Å². The number of esters is 2. The fourth-order valence-corrected chi connectivity index (χ4v) is 7.52. The molecule has 2 amide bonds. The number of benzene rings is 1. The van der Waals surface area contributed by atoms with E-state index in [1.54, 1.807) is 11.8 Å². The summed E-state index contributed by atoms with van der Waals surface area (Å²) in [5, 5.41) is 13.1. The predicted molar refractivity (Wildman–Crippen MR) is 193 cm³/mol. The molecule has 3 aliphatic heterocycles. The van der Waals surface area contributed by atoms with E-state index < -0.39 is 47.9 Å². The van der Waals surface area contributed by atoms with Gasteiger partial charge in [0.1, 0.15) is 12.6 Å². The topological polar surface area (TPSA) is 161 Å². The highest BCUT2D eigenvalue weighted by Crippen LogP contribution is 2.48. The van der Waals surface area contributed by atoms with E-state index >= 15 is 0 Å². The van der Waals surface area contributed by atoms with Crippen LogP contribution in [0.15, 0.2) is 41.5 Å². The van der Waals surface area contributed by atoms with E-state index in [1.165, 1.54) is 44.9 Å². The number of nitrogens with one attached hydrogen (secondary N) is 1. The van der Waals surface area contributed by atoms with Crippen molar-refractivity contribution in [2.75, 3.05) is 19.8 Å². The Morgan fingerprint density at radius 2 is 1.71 bits per heavy atom. The van der Waals surface area contributed by atoms with Gasteiger partial charge in [0.05, 0.1) is 29.2 Å². The molecule has 282 valence electrons. The Balaban J connectivity index is 1.09. The Bertz CT molecular complexity index is 1660. The van der Waals surface area contributed by atoms with Crippen LogP contribution in [0.3, 0.4) is 0 Å². The van der Waals surface area contributed by atoms with Gasteiger partial charge < -0.3 is 29.5 Å². The predicted octanol–water partition coefficient (Wildman–Crippen LogP) is 6.24. The number of carboxylic acid groups (broad SMARTS) is 1. The number of amides is 2. The zero-order valence-electron chi connectivity index (χ0n) is 30.6. The number of nitrogens with zero attached hydrogens (tertiary/aromatic N) is 2. The molecule has 0 fully saturated rings. The minimum Gasteiger partial charge on any atom is -0.480 e. The number of rotatable bonds is 21. The van der Waals surface area contributed by atoms with Crippen molar-refractivity contribution in [1.82, 2.24) is 15.2 Å². The summed E-state index contributed by atoms with van der Waals surface area (Å²) in [7, 11) is 0. The SMILES string of the molecule is CCCCCCCCCCCCOCCC(NC(=O)CCC(=O)O[C@]1(CC)C(=O)OCC2=C1CC1c3nc4ccccc4cc3CN1C2=O)C(=O)O. The molecule has 0 radical (unpaired) electrons. The second-order valence-electron chi connectivity index (χ2n) is 14.1. The van der Waals surface area contributed by atoms with Crippen molar-refractivity contribution in [1.29, 1.82) is 0 Å². The maximum absolute atomic E-state index is 13.8. The number of pyridine rings is 1. The number of hydrogen-bond acceptors (Lipinski definition) is 9. The summed E-state index contributed by atoms with van der Waals surface area (Å²) in [5.41, 5.74) is 1.35. The molecular formula is C40H53N3O9. The van der Waals surface area contributed by atoms with E-state index in [0.717, 1.165) is 41.4 Å². The molecule has 0 spiro atoms. The van der Waals surface area contributed by atoms with Crippen LogP contribution >= 0.6 is 0 Å². The molecule has 1 aromatic heterocycles. The lowest BCUT2D eigenvalue weighted by molar-refractivity contribution is -0.182. The Labute approximate surface area is 305 Å². The first-order valence-electron chi connectivity index (χ1n) is 19.1. The minimum atomic E-state index is -1.82. The van der Waals surface area contributed by atoms with Gasteiger partial charge in [-0.3, -0.25) is 19.4 Å². The molecule has 3 atom stereocenters. The Morgan fingerprint density at radius 1 is 1.00 bits per heavy atom. The molecule has 5 rings (SSSR count). The number of carbonyl (C=O) groups excluding carboxylic acids is 4. The first kappa shape index (κ1) is 38.9. The lowest BCUT2D eigenvalue weighted by Crippen LogP contribution is -2.54. The third-order valence-electron chi connectivity index (χ3n) is 10.5. The number of fused-ring (bicyclic) bond motifs is 4. The van der Waals surface area contributed by atoms with E-state index in [2.05, 4.69) is 12.2 Å². The van der Waals surface area contributed by atoms with Crippen LogP contribution in [0.5, 0.6) is 0 Å². The number of aromatic nitrogens is 1. The molecule has 0 saturated carbocycles. The van der Waals surface area contributed by atoms with Gasteiger partial charge in [-0.25, -0.2) is 9.59 Å². The summed E-state index contributed by atoms with van der Waals surface area (Å²) in [4.78, 5) is 71.5. The van der Waals surface area contributed by atoms with Crippen LogP contribution in [0.4, 0.5) is 0 Å². The molecule has 0 bridgehead atoms. The molecule has 4 heterocycles. The maximum atomic E-state index is 13.8. The molecule has 12 heteroatoms. The second kappa shape index (κ2) is 18.4. The fourth-order valence-electron chi connectivity index (χ4n) is 7.52. The average Bonchev–Trinajstić information content (AvgIpc) is 3.50. The summed E-state index contributed by atoms with van der Waals surface area (Å²) >= 11 is 0. The highest BCUT2D eigenvalue weighted by atomic mass is 16.6. The normalized spacial score (nSPS) is 19.9. The third kappa shape index (κ3) is 9.18. The minimum absolute atomic E-state index is 0.0286. The maximum Gasteiger partial charge on any atom is 0.355 e. The lowest BCUT2D eigenvalue weighted by Gasteiger charge is -2.42. The van der Waals surface area contributed by atoms with E-state index in [-0.39, 0.29) is 44.8 Å². The van der Waals surface area contributed by atoms with Crippen molar-refractivity contribution in [3.05, 3.63) is 52.7 Å². The second-order valence-corrected chi connectivity index (χ2v) is 14.1. The molecular weight excluding hydrogens is 666 g/mol. The van der Waals surface area contributed by atoms with Crippen LogP contribution < -0.4 is 5.32 Å². The van der Waals surface area contributed by atoms with Crippen LogP contribution in [-0.2, 0) is 44.7 Å². The van der Waals surface area contributed by atoms with Crippen molar-refractivity contribution in [2.45, 2.75) is 134 Å². The van der Waals surface area contributed by atoms with Crippen molar-refractivity contribution >= 4 is 40.6 Å². The number of ether oxygens (including phenoxy) is 3. The standard InChI is InChI=1S/C40H53N3O9/c1-3-5-6-7-8-9-10-11-12-15-21-50-22-20-32(38(47)48)41-34(44)18-19-35(45)52-40(4-2)30-24-33-36-28(23-27-16-13-14-17-31(27)42-36)25-43(33)37(46)29(30)26-51-39(40)49/h13-14,16-17,23,32-33H,3-12,15,18-22,24-26H2,1-2H3,(H,41,44)(H,47,48)/t32?,33?,40-/m0/s1. The fraction of sp³-hybridized carbons (Fsp3) is 0.600. The van der Waals surface area contributed by atoms with Crippen LogP contribution in [0.1, 0.15) is 127 Å². The van der Waals surface area contributed by atoms with Gasteiger partial charge in [-0.15, -0.1) is 0 Å². The first-order chi connectivity index (χ1) is 25.2. The molecule has 12 nitrogen and oxygen atoms in total. The molecule has 2 aromatic rings. The van der Waals surface area contributed by atoms with Crippen molar-refractivity contribution in [3.63, 3.8) is 0 Å². The average molecular weight is 720 g/mol. The Hall–Kier alpha value is -4.32. The van der Waals surface area contributed by atoms with Crippen LogP contribution in [0, 0.1) is 0 Å². The highest BCUT2D eigenvalue weighted by molar-refractivity contribution is 6.01. The van der Waals surface area contributed by atoms with Gasteiger partial charge in [0, 0.05) is 38.0 Å². The summed E-state index contributed by atoms with van der Waals surface area (Å²) < 4.78 is 16.9. The molecule has 0 aliphatic carbocycles. The molecule has 0 saturated heterocycles. The lowest BCUT2D eigenvalue weighted by atomic mass is 9.78. The van der Waals surface area contributed by atoms with Gasteiger partial charge >= 0.3 is 17.9 Å². The van der Waals surface area contributed by atoms with E-state index in [4.69, 9.17) is 19.2 Å². The highest BCUT2D eigenvalue weighted by Gasteiger charge is 2.55. The number of cyclic esters (lactones) is 1. The van der Waals surface area contributed by atoms with Gasteiger partial charge in [0.2, 0.25) is 11.5 Å². The third-order valence-corrected chi connectivity index (χ3v) is 10.5. The van der Waals surface area contributed by atoms with Gasteiger partial charge in [0.15, 0.2) is 0 Å². The number of hydrogen-bond donors (Lipinski definition) is 2. The summed E-state index contributed by atoms with van der Waals surface area (Å²) in [6.45, 7) is 4.77. The molecule has 1 aromatic carbocycles. The number of para-hydroxylation sites is 1.